The predicted octanol–water partition coefficient (Wildman–Crippen LogP) is 4.93. The number of hydrogen-bond acceptors (Lipinski definition) is 2. The number of carbonyl (C=O) groups excluding carboxylic acids is 1. The summed E-state index contributed by atoms with van der Waals surface area (Å²) in [6, 6.07) is 15.9. The highest BCUT2D eigenvalue weighted by Gasteiger charge is 2.30. The molecule has 3 rings (SSSR count). The molecule has 0 saturated heterocycles. The van der Waals surface area contributed by atoms with Crippen molar-refractivity contribution in [3.63, 3.8) is 0 Å². The second-order valence-electron chi connectivity index (χ2n) is 6.48. The molecule has 0 atom stereocenters. The first-order chi connectivity index (χ1) is 13.3. The molecule has 0 bridgehead atoms. The zero-order valence-corrected chi connectivity index (χ0v) is 15.3. The zero-order chi connectivity index (χ0) is 20.1. The second-order valence-corrected chi connectivity index (χ2v) is 6.48. The topological polar surface area (TPSA) is 42.0 Å². The Kier molecular flexibility index (Phi) is 5.78. The molecule has 28 heavy (non-hydrogen) atoms. The molecule has 2 aromatic carbocycles. The number of hydrogen-bond donors (Lipinski definition) is 1. The number of amides is 1. The Balaban J connectivity index is 1.79. The summed E-state index contributed by atoms with van der Waals surface area (Å²) in [4.78, 5) is 16.9. The number of aryl methyl sites for hydroxylation is 1. The number of halogens is 3. The van der Waals surface area contributed by atoms with Crippen LogP contribution in [0.5, 0.6) is 0 Å². The number of pyridine rings is 1. The Morgan fingerprint density at radius 3 is 2.39 bits per heavy atom. The van der Waals surface area contributed by atoms with Crippen LogP contribution in [0.1, 0.15) is 38.3 Å². The van der Waals surface area contributed by atoms with Crippen LogP contribution in [0.3, 0.4) is 0 Å². The van der Waals surface area contributed by atoms with Gasteiger partial charge in [-0.2, -0.15) is 13.2 Å². The molecule has 0 unspecified atom stereocenters. The molecule has 1 N–H and O–H groups in total. The summed E-state index contributed by atoms with van der Waals surface area (Å²) in [6.45, 7) is 2.18. The fraction of sp³-hybridized carbons (Fsp3) is 0.182. The van der Waals surface area contributed by atoms with Gasteiger partial charge in [0.25, 0.3) is 5.91 Å². The van der Waals surface area contributed by atoms with Crippen LogP contribution in [0.2, 0.25) is 0 Å². The van der Waals surface area contributed by atoms with Crippen molar-refractivity contribution in [2.75, 3.05) is 0 Å². The van der Waals surface area contributed by atoms with Gasteiger partial charge in [-0.3, -0.25) is 9.78 Å². The Bertz CT molecular complexity index is 952. The minimum Gasteiger partial charge on any atom is -0.346 e. The van der Waals surface area contributed by atoms with Crippen LogP contribution in [-0.2, 0) is 19.1 Å². The number of aromatic nitrogens is 1. The molecule has 0 aliphatic rings. The maximum absolute atomic E-state index is 12.7. The summed E-state index contributed by atoms with van der Waals surface area (Å²) in [6.07, 6.45) is -2.33. The third-order valence-electron chi connectivity index (χ3n) is 4.47. The molecule has 0 aliphatic carbocycles. The fourth-order valence-corrected chi connectivity index (χ4v) is 2.93. The highest BCUT2D eigenvalue weighted by molar-refractivity contribution is 5.96. The summed E-state index contributed by atoms with van der Waals surface area (Å²) < 4.78 is 38.2. The van der Waals surface area contributed by atoms with E-state index in [1.54, 1.807) is 24.4 Å². The van der Waals surface area contributed by atoms with E-state index in [9.17, 15) is 18.0 Å². The zero-order valence-electron chi connectivity index (χ0n) is 15.3. The number of carbonyl (C=O) groups is 1. The lowest BCUT2D eigenvalue weighted by molar-refractivity contribution is -0.137. The second kappa shape index (κ2) is 8.25. The number of rotatable bonds is 5. The molecule has 0 fully saturated rings. The Morgan fingerprint density at radius 1 is 1.00 bits per heavy atom. The van der Waals surface area contributed by atoms with E-state index in [-0.39, 0.29) is 5.91 Å². The van der Waals surface area contributed by atoms with Gasteiger partial charge in [0, 0.05) is 11.8 Å². The summed E-state index contributed by atoms with van der Waals surface area (Å²) in [5.74, 6) is -0.240. The van der Waals surface area contributed by atoms with Crippen molar-refractivity contribution in [2.45, 2.75) is 26.1 Å². The van der Waals surface area contributed by atoms with Crippen molar-refractivity contribution < 1.29 is 18.0 Å². The van der Waals surface area contributed by atoms with Crippen LogP contribution in [0.15, 0.2) is 66.9 Å². The fourth-order valence-electron chi connectivity index (χ4n) is 2.93. The molecule has 1 heterocycles. The van der Waals surface area contributed by atoms with Crippen molar-refractivity contribution >= 4 is 5.91 Å². The molecule has 3 aromatic rings. The van der Waals surface area contributed by atoms with Gasteiger partial charge in [0.2, 0.25) is 0 Å². The van der Waals surface area contributed by atoms with E-state index in [0.29, 0.717) is 24.1 Å². The quantitative estimate of drug-likeness (QED) is 0.678. The van der Waals surface area contributed by atoms with Gasteiger partial charge in [-0.15, -0.1) is 0 Å². The Morgan fingerprint density at radius 2 is 1.75 bits per heavy atom. The van der Waals surface area contributed by atoms with Crippen molar-refractivity contribution in [1.29, 1.82) is 0 Å². The highest BCUT2D eigenvalue weighted by Crippen LogP contribution is 2.29. The molecule has 1 aromatic heterocycles. The minimum atomic E-state index is -4.36. The van der Waals surface area contributed by atoms with E-state index in [4.69, 9.17) is 0 Å². The van der Waals surface area contributed by atoms with Gasteiger partial charge < -0.3 is 5.32 Å². The van der Waals surface area contributed by atoms with Gasteiger partial charge in [0.05, 0.1) is 17.8 Å². The molecule has 6 heteroatoms. The smallest absolute Gasteiger partial charge is 0.346 e. The first-order valence-electron chi connectivity index (χ1n) is 8.77. The molecule has 0 saturated carbocycles. The standard InChI is InChI=1S/C22H19F3N2O/c1-15-5-4-7-19(21(28)27-14-18-6-2-3-12-26-18)20(15)13-16-8-10-17(11-9-16)22(23,24)25/h2-12H,13-14H2,1H3,(H,27,28). The third kappa shape index (κ3) is 4.76. The van der Waals surface area contributed by atoms with Gasteiger partial charge in [-0.25, -0.2) is 0 Å². The molecule has 0 spiro atoms. The van der Waals surface area contributed by atoms with Gasteiger partial charge >= 0.3 is 6.18 Å². The molecule has 1 amide bonds. The van der Waals surface area contributed by atoms with E-state index >= 15 is 0 Å². The van der Waals surface area contributed by atoms with Crippen molar-refractivity contribution in [1.82, 2.24) is 10.3 Å². The normalized spacial score (nSPS) is 11.3. The van der Waals surface area contributed by atoms with Crippen molar-refractivity contribution in [2.24, 2.45) is 0 Å². The largest absolute Gasteiger partial charge is 0.416 e. The summed E-state index contributed by atoms with van der Waals surface area (Å²) in [5, 5.41) is 2.85. The van der Waals surface area contributed by atoms with Crippen LogP contribution >= 0.6 is 0 Å². The lowest BCUT2D eigenvalue weighted by Gasteiger charge is -2.14. The SMILES string of the molecule is Cc1cccc(C(=O)NCc2ccccn2)c1Cc1ccc(C(F)(F)F)cc1. The number of alkyl halides is 3. The molecule has 3 nitrogen and oxygen atoms in total. The van der Waals surface area contributed by atoms with E-state index in [1.165, 1.54) is 12.1 Å². The van der Waals surface area contributed by atoms with E-state index in [2.05, 4.69) is 10.3 Å². The molecular weight excluding hydrogens is 365 g/mol. The first-order valence-corrected chi connectivity index (χ1v) is 8.77. The first kappa shape index (κ1) is 19.6. The predicted molar refractivity (Wildman–Crippen MR) is 101 cm³/mol. The van der Waals surface area contributed by atoms with E-state index in [1.807, 2.05) is 25.1 Å². The number of benzene rings is 2. The van der Waals surface area contributed by atoms with Crippen molar-refractivity contribution in [3.05, 3.63) is 100 Å². The van der Waals surface area contributed by atoms with Gasteiger partial charge in [-0.05, 0) is 60.4 Å². The molecule has 0 radical (unpaired) electrons. The maximum Gasteiger partial charge on any atom is 0.416 e. The van der Waals surface area contributed by atoms with Crippen LogP contribution < -0.4 is 5.32 Å². The minimum absolute atomic E-state index is 0.240. The van der Waals surface area contributed by atoms with E-state index in [0.717, 1.165) is 29.0 Å². The van der Waals surface area contributed by atoms with Crippen LogP contribution in [0.4, 0.5) is 13.2 Å². The summed E-state index contributed by atoms with van der Waals surface area (Å²) in [7, 11) is 0. The Hall–Kier alpha value is -3.15. The summed E-state index contributed by atoms with van der Waals surface area (Å²) in [5.41, 5.74) is 2.98. The number of nitrogens with one attached hydrogen (secondary N) is 1. The van der Waals surface area contributed by atoms with Crippen LogP contribution in [0.25, 0.3) is 0 Å². The average molecular weight is 384 g/mol. The van der Waals surface area contributed by atoms with Crippen LogP contribution in [0, 0.1) is 6.92 Å². The lowest BCUT2D eigenvalue weighted by atomic mass is 9.94. The average Bonchev–Trinajstić information content (AvgIpc) is 2.68. The highest BCUT2D eigenvalue weighted by atomic mass is 19.4. The van der Waals surface area contributed by atoms with Gasteiger partial charge in [0.1, 0.15) is 0 Å². The molecule has 0 aliphatic heterocycles. The third-order valence-corrected chi connectivity index (χ3v) is 4.47. The van der Waals surface area contributed by atoms with Gasteiger partial charge in [-0.1, -0.05) is 30.3 Å². The van der Waals surface area contributed by atoms with E-state index < -0.39 is 11.7 Å². The van der Waals surface area contributed by atoms with Crippen molar-refractivity contribution in [3.8, 4) is 0 Å². The molecule has 144 valence electrons. The Labute approximate surface area is 161 Å². The molecular formula is C22H19F3N2O. The lowest BCUT2D eigenvalue weighted by Crippen LogP contribution is -2.24. The van der Waals surface area contributed by atoms with Crippen LogP contribution in [-0.4, -0.2) is 10.9 Å². The number of nitrogens with zero attached hydrogens (tertiary/aromatic N) is 1. The monoisotopic (exact) mass is 384 g/mol. The van der Waals surface area contributed by atoms with Gasteiger partial charge in [0.15, 0.2) is 0 Å². The maximum atomic E-state index is 12.7. The summed E-state index contributed by atoms with van der Waals surface area (Å²) >= 11 is 0.